The maximum Gasteiger partial charge on any atom is 0.0490 e. The minimum absolute atomic E-state index is 0.850. The van der Waals surface area contributed by atoms with Crippen LogP contribution in [-0.4, -0.2) is 0 Å². The molecule has 0 fully saturated rings. The monoisotopic (exact) mass is 289 g/mol. The summed E-state index contributed by atoms with van der Waals surface area (Å²) in [6.45, 7) is 5.05. The van der Waals surface area contributed by atoms with E-state index >= 15 is 0 Å². The number of rotatable bonds is 3. The predicted molar refractivity (Wildman–Crippen MR) is 77.4 cm³/mol. The van der Waals surface area contributed by atoms with Gasteiger partial charge in [-0.25, -0.2) is 0 Å². The van der Waals surface area contributed by atoms with E-state index in [4.69, 9.17) is 0 Å². The third-order valence-corrected chi connectivity index (χ3v) is 3.85. The van der Waals surface area contributed by atoms with Crippen LogP contribution in [-0.2, 0) is 6.54 Å². The maximum atomic E-state index is 3.60. The second kappa shape index (κ2) is 5.37. The molecule has 0 heterocycles. The highest BCUT2D eigenvalue weighted by Gasteiger charge is 2.01. The Morgan fingerprint density at radius 2 is 1.71 bits per heavy atom. The van der Waals surface area contributed by atoms with E-state index in [1.54, 1.807) is 0 Å². The van der Waals surface area contributed by atoms with Crippen molar-refractivity contribution in [2.45, 2.75) is 20.4 Å². The number of anilines is 1. The van der Waals surface area contributed by atoms with E-state index in [1.807, 2.05) is 0 Å². The number of nitrogens with one attached hydrogen (secondary N) is 1. The zero-order chi connectivity index (χ0) is 12.3. The SMILES string of the molecule is Cc1ccc(CNc2cccc(C)c2Br)cc1. The van der Waals surface area contributed by atoms with Crippen molar-refractivity contribution in [3.05, 3.63) is 63.6 Å². The van der Waals surface area contributed by atoms with Gasteiger partial charge in [0.1, 0.15) is 0 Å². The van der Waals surface area contributed by atoms with Gasteiger partial charge < -0.3 is 5.32 Å². The molecule has 0 spiro atoms. The summed E-state index contributed by atoms with van der Waals surface area (Å²) in [5.41, 5.74) is 4.99. The molecule has 0 saturated heterocycles. The molecule has 0 aliphatic rings. The Balaban J connectivity index is 2.07. The van der Waals surface area contributed by atoms with E-state index in [1.165, 1.54) is 16.7 Å². The van der Waals surface area contributed by atoms with E-state index in [0.717, 1.165) is 16.7 Å². The summed E-state index contributed by atoms with van der Waals surface area (Å²) in [5.74, 6) is 0. The molecule has 0 bridgehead atoms. The molecule has 0 atom stereocenters. The highest BCUT2D eigenvalue weighted by Crippen LogP contribution is 2.26. The lowest BCUT2D eigenvalue weighted by molar-refractivity contribution is 1.14. The molecular weight excluding hydrogens is 274 g/mol. The summed E-state index contributed by atoms with van der Waals surface area (Å²) < 4.78 is 1.15. The zero-order valence-corrected chi connectivity index (χ0v) is 11.7. The van der Waals surface area contributed by atoms with Crippen molar-refractivity contribution in [3.8, 4) is 0 Å². The van der Waals surface area contributed by atoms with E-state index in [2.05, 4.69) is 77.6 Å². The van der Waals surface area contributed by atoms with Gasteiger partial charge in [0.15, 0.2) is 0 Å². The molecule has 0 amide bonds. The highest BCUT2D eigenvalue weighted by atomic mass is 79.9. The molecule has 88 valence electrons. The average Bonchev–Trinajstić information content (AvgIpc) is 2.33. The molecule has 2 rings (SSSR count). The Hall–Kier alpha value is -1.28. The van der Waals surface area contributed by atoms with Crippen LogP contribution >= 0.6 is 15.9 Å². The van der Waals surface area contributed by atoms with E-state index in [-0.39, 0.29) is 0 Å². The fourth-order valence-corrected chi connectivity index (χ4v) is 2.09. The van der Waals surface area contributed by atoms with Crippen LogP contribution in [0.3, 0.4) is 0 Å². The maximum absolute atomic E-state index is 3.60. The normalized spacial score (nSPS) is 10.3. The van der Waals surface area contributed by atoms with Gasteiger partial charge in [0.2, 0.25) is 0 Å². The molecular formula is C15H16BrN. The van der Waals surface area contributed by atoms with Crippen molar-refractivity contribution in [3.63, 3.8) is 0 Å². The molecule has 1 N–H and O–H groups in total. The Morgan fingerprint density at radius 3 is 2.41 bits per heavy atom. The predicted octanol–water partition coefficient (Wildman–Crippen LogP) is 4.68. The largest absolute Gasteiger partial charge is 0.380 e. The highest BCUT2D eigenvalue weighted by molar-refractivity contribution is 9.10. The van der Waals surface area contributed by atoms with Crippen LogP contribution in [0.5, 0.6) is 0 Å². The fourth-order valence-electron chi connectivity index (χ4n) is 1.69. The Bertz CT molecular complexity index is 503. The molecule has 2 aromatic carbocycles. The Labute approximate surface area is 111 Å². The molecule has 0 aromatic heterocycles. The molecule has 1 nitrogen and oxygen atoms in total. The summed E-state index contributed by atoms with van der Waals surface area (Å²) in [5, 5.41) is 3.44. The zero-order valence-electron chi connectivity index (χ0n) is 10.1. The van der Waals surface area contributed by atoms with Crippen molar-refractivity contribution in [2.75, 3.05) is 5.32 Å². The molecule has 0 aliphatic heterocycles. The Kier molecular flexibility index (Phi) is 3.85. The first-order valence-electron chi connectivity index (χ1n) is 5.71. The van der Waals surface area contributed by atoms with Crippen LogP contribution < -0.4 is 5.32 Å². The second-order valence-electron chi connectivity index (χ2n) is 4.28. The first-order valence-corrected chi connectivity index (χ1v) is 6.50. The van der Waals surface area contributed by atoms with Crippen molar-refractivity contribution in [1.82, 2.24) is 0 Å². The summed E-state index contributed by atoms with van der Waals surface area (Å²) in [6.07, 6.45) is 0. The van der Waals surface area contributed by atoms with E-state index in [0.29, 0.717) is 0 Å². The molecule has 0 unspecified atom stereocenters. The van der Waals surface area contributed by atoms with Gasteiger partial charge in [0.25, 0.3) is 0 Å². The number of benzene rings is 2. The first kappa shape index (κ1) is 12.2. The second-order valence-corrected chi connectivity index (χ2v) is 5.07. The van der Waals surface area contributed by atoms with Crippen LogP contribution in [0, 0.1) is 13.8 Å². The first-order chi connectivity index (χ1) is 8.16. The Morgan fingerprint density at radius 1 is 1.00 bits per heavy atom. The van der Waals surface area contributed by atoms with Gasteiger partial charge in [0, 0.05) is 16.7 Å². The summed E-state index contributed by atoms with van der Waals surface area (Å²) in [4.78, 5) is 0. The smallest absolute Gasteiger partial charge is 0.0490 e. The summed E-state index contributed by atoms with van der Waals surface area (Å²) >= 11 is 3.60. The number of hydrogen-bond donors (Lipinski definition) is 1. The fraction of sp³-hybridized carbons (Fsp3) is 0.200. The molecule has 0 aliphatic carbocycles. The van der Waals surface area contributed by atoms with Crippen molar-refractivity contribution in [1.29, 1.82) is 0 Å². The third-order valence-electron chi connectivity index (χ3n) is 2.80. The van der Waals surface area contributed by atoms with Crippen LogP contribution in [0.1, 0.15) is 16.7 Å². The van der Waals surface area contributed by atoms with Gasteiger partial charge in [-0.1, -0.05) is 42.0 Å². The number of hydrogen-bond acceptors (Lipinski definition) is 1. The molecule has 17 heavy (non-hydrogen) atoms. The van der Waals surface area contributed by atoms with Crippen molar-refractivity contribution < 1.29 is 0 Å². The van der Waals surface area contributed by atoms with Crippen LogP contribution in [0.25, 0.3) is 0 Å². The minimum Gasteiger partial charge on any atom is -0.380 e. The van der Waals surface area contributed by atoms with Gasteiger partial charge in [0.05, 0.1) is 0 Å². The number of aryl methyl sites for hydroxylation is 2. The van der Waals surface area contributed by atoms with Crippen LogP contribution in [0.15, 0.2) is 46.9 Å². The van der Waals surface area contributed by atoms with Crippen LogP contribution in [0.2, 0.25) is 0 Å². The number of halogens is 1. The third kappa shape index (κ3) is 3.10. The van der Waals surface area contributed by atoms with Gasteiger partial charge in [-0.3, -0.25) is 0 Å². The molecule has 2 aromatic rings. The standard InChI is InChI=1S/C15H16BrN/c1-11-6-8-13(9-7-11)10-17-14-5-3-4-12(2)15(14)16/h3-9,17H,10H2,1-2H3. The molecule has 0 radical (unpaired) electrons. The topological polar surface area (TPSA) is 12.0 Å². The van der Waals surface area contributed by atoms with Crippen molar-refractivity contribution in [2.24, 2.45) is 0 Å². The lowest BCUT2D eigenvalue weighted by Gasteiger charge is -2.10. The lowest BCUT2D eigenvalue weighted by atomic mass is 10.1. The van der Waals surface area contributed by atoms with E-state index < -0.39 is 0 Å². The molecule has 2 heteroatoms. The lowest BCUT2D eigenvalue weighted by Crippen LogP contribution is -2.00. The van der Waals surface area contributed by atoms with Gasteiger partial charge in [-0.05, 0) is 47.0 Å². The van der Waals surface area contributed by atoms with E-state index in [9.17, 15) is 0 Å². The average molecular weight is 290 g/mol. The van der Waals surface area contributed by atoms with Gasteiger partial charge in [-0.15, -0.1) is 0 Å². The van der Waals surface area contributed by atoms with Gasteiger partial charge in [-0.2, -0.15) is 0 Å². The summed E-state index contributed by atoms with van der Waals surface area (Å²) in [7, 11) is 0. The van der Waals surface area contributed by atoms with Crippen molar-refractivity contribution >= 4 is 21.6 Å². The minimum atomic E-state index is 0.850. The molecule has 0 saturated carbocycles. The quantitative estimate of drug-likeness (QED) is 0.865. The summed E-state index contributed by atoms with van der Waals surface area (Å²) in [6, 6.07) is 14.9. The van der Waals surface area contributed by atoms with Crippen LogP contribution in [0.4, 0.5) is 5.69 Å². The van der Waals surface area contributed by atoms with Gasteiger partial charge >= 0.3 is 0 Å².